The van der Waals surface area contributed by atoms with Gasteiger partial charge in [0.05, 0.1) is 11.1 Å². The molecule has 2 unspecified atom stereocenters. The number of hydrogen-bond donors (Lipinski definition) is 1. The Labute approximate surface area is 129 Å². The number of aromatic nitrogens is 1. The molecule has 0 saturated heterocycles. The summed E-state index contributed by atoms with van der Waals surface area (Å²) in [6.07, 6.45) is 7.13. The zero-order valence-electron chi connectivity index (χ0n) is 12.2. The van der Waals surface area contributed by atoms with Gasteiger partial charge in [-0.2, -0.15) is 17.0 Å². The monoisotopic (exact) mass is 297 g/mol. The first kappa shape index (κ1) is 14.2. The lowest BCUT2D eigenvalue weighted by molar-refractivity contribution is 0.474. The van der Waals surface area contributed by atoms with Gasteiger partial charge < -0.3 is 5.32 Å². The number of fused-ring (bicyclic) bond motifs is 1. The van der Waals surface area contributed by atoms with Crippen LogP contribution in [0.25, 0.3) is 10.9 Å². The van der Waals surface area contributed by atoms with Gasteiger partial charge in [0.15, 0.2) is 0 Å². The maximum Gasteiger partial charge on any atom is 0.144 e. The summed E-state index contributed by atoms with van der Waals surface area (Å²) in [5.74, 6) is 0.738. The molecular formula is C17H19N3S. The molecule has 0 radical (unpaired) electrons. The molecule has 3 rings (SSSR count). The summed E-state index contributed by atoms with van der Waals surface area (Å²) in [6, 6.07) is 12.6. The van der Waals surface area contributed by atoms with Crippen molar-refractivity contribution in [2.45, 2.75) is 37.0 Å². The second-order valence-corrected chi connectivity index (χ2v) is 6.58. The van der Waals surface area contributed by atoms with Crippen LogP contribution in [0.5, 0.6) is 0 Å². The number of thioether (sulfide) groups is 1. The molecule has 4 heteroatoms. The normalized spacial score (nSPS) is 21.9. The molecule has 0 spiro atoms. The number of rotatable bonds is 3. The highest BCUT2D eigenvalue weighted by atomic mass is 32.2. The van der Waals surface area contributed by atoms with Crippen molar-refractivity contribution in [1.82, 2.24) is 4.98 Å². The molecule has 0 amide bonds. The van der Waals surface area contributed by atoms with Gasteiger partial charge >= 0.3 is 0 Å². The topological polar surface area (TPSA) is 48.7 Å². The number of nitrogens with zero attached hydrogens (tertiary/aromatic N) is 2. The summed E-state index contributed by atoms with van der Waals surface area (Å²) in [5.41, 5.74) is 1.58. The van der Waals surface area contributed by atoms with Crippen molar-refractivity contribution < 1.29 is 0 Å². The average molecular weight is 297 g/mol. The largest absolute Gasteiger partial charge is 0.365 e. The van der Waals surface area contributed by atoms with E-state index in [1.165, 1.54) is 19.3 Å². The number of nitriles is 1. The maximum absolute atomic E-state index is 9.40. The van der Waals surface area contributed by atoms with Gasteiger partial charge in [0.25, 0.3) is 0 Å². The van der Waals surface area contributed by atoms with E-state index < -0.39 is 0 Å². The van der Waals surface area contributed by atoms with Gasteiger partial charge in [0.1, 0.15) is 11.9 Å². The molecule has 1 fully saturated rings. The van der Waals surface area contributed by atoms with Crippen molar-refractivity contribution >= 4 is 28.5 Å². The molecular weight excluding hydrogens is 278 g/mol. The van der Waals surface area contributed by atoms with Crippen LogP contribution < -0.4 is 5.32 Å². The standard InChI is InChI=1S/C17H19N3S/c1-21-16-9-5-4-8-15(16)20-17-13(11-18)10-12-6-2-3-7-14(12)19-17/h2-3,6-7,10,15-16H,4-5,8-9H2,1H3,(H,19,20). The third-order valence-electron chi connectivity index (χ3n) is 4.17. The Balaban J connectivity index is 1.93. The molecule has 0 bridgehead atoms. The number of pyridine rings is 1. The lowest BCUT2D eigenvalue weighted by Gasteiger charge is -2.31. The third kappa shape index (κ3) is 2.98. The predicted octanol–water partition coefficient (Wildman–Crippen LogP) is 4.19. The fourth-order valence-corrected chi connectivity index (χ4v) is 3.97. The maximum atomic E-state index is 9.40. The molecule has 1 aliphatic rings. The van der Waals surface area contributed by atoms with E-state index in [-0.39, 0.29) is 0 Å². The van der Waals surface area contributed by atoms with Crippen LogP contribution in [-0.2, 0) is 0 Å². The van der Waals surface area contributed by atoms with Gasteiger partial charge in [-0.1, -0.05) is 31.0 Å². The van der Waals surface area contributed by atoms with Crippen molar-refractivity contribution in [2.75, 3.05) is 11.6 Å². The predicted molar refractivity (Wildman–Crippen MR) is 89.6 cm³/mol. The molecule has 1 aromatic heterocycles. The smallest absolute Gasteiger partial charge is 0.144 e. The highest BCUT2D eigenvalue weighted by molar-refractivity contribution is 7.99. The number of benzene rings is 1. The Morgan fingerprint density at radius 2 is 2.10 bits per heavy atom. The highest BCUT2D eigenvalue weighted by Crippen LogP contribution is 2.30. The molecule has 1 N–H and O–H groups in total. The first-order valence-electron chi connectivity index (χ1n) is 7.41. The van der Waals surface area contributed by atoms with Crippen LogP contribution >= 0.6 is 11.8 Å². The van der Waals surface area contributed by atoms with Crippen LogP contribution in [0.15, 0.2) is 30.3 Å². The summed E-state index contributed by atoms with van der Waals surface area (Å²) in [7, 11) is 0. The summed E-state index contributed by atoms with van der Waals surface area (Å²) < 4.78 is 0. The van der Waals surface area contributed by atoms with E-state index in [2.05, 4.69) is 22.6 Å². The van der Waals surface area contributed by atoms with Gasteiger partial charge in [-0.25, -0.2) is 4.98 Å². The molecule has 1 aliphatic carbocycles. The highest BCUT2D eigenvalue weighted by Gasteiger charge is 2.25. The Morgan fingerprint density at radius 3 is 2.90 bits per heavy atom. The van der Waals surface area contributed by atoms with Crippen LogP contribution in [0.4, 0.5) is 5.82 Å². The van der Waals surface area contributed by atoms with E-state index in [0.717, 1.165) is 23.1 Å². The minimum Gasteiger partial charge on any atom is -0.365 e. The number of para-hydroxylation sites is 1. The summed E-state index contributed by atoms with van der Waals surface area (Å²) in [5, 5.41) is 14.6. The first-order chi connectivity index (χ1) is 10.3. The molecule has 3 nitrogen and oxygen atoms in total. The van der Waals surface area contributed by atoms with E-state index >= 15 is 0 Å². The van der Waals surface area contributed by atoms with Gasteiger partial charge in [-0.15, -0.1) is 0 Å². The van der Waals surface area contributed by atoms with Crippen molar-refractivity contribution in [3.05, 3.63) is 35.9 Å². The van der Waals surface area contributed by atoms with Gasteiger partial charge in [0.2, 0.25) is 0 Å². The molecule has 1 saturated carbocycles. The lowest BCUT2D eigenvalue weighted by atomic mass is 9.94. The zero-order chi connectivity index (χ0) is 14.7. The Bertz CT molecular complexity index is 677. The minimum absolute atomic E-state index is 0.412. The molecule has 2 atom stereocenters. The average Bonchev–Trinajstić information content (AvgIpc) is 2.54. The second-order valence-electron chi connectivity index (χ2n) is 5.50. The molecule has 0 aliphatic heterocycles. The fourth-order valence-electron chi connectivity index (χ4n) is 3.03. The molecule has 2 aromatic rings. The Kier molecular flexibility index (Phi) is 4.31. The van der Waals surface area contributed by atoms with E-state index in [1.807, 2.05) is 42.1 Å². The van der Waals surface area contributed by atoms with Crippen LogP contribution in [-0.4, -0.2) is 22.5 Å². The SMILES string of the molecule is CSC1CCCCC1Nc1nc2ccccc2cc1C#N. The zero-order valence-corrected chi connectivity index (χ0v) is 13.0. The second kappa shape index (κ2) is 6.36. The van der Waals surface area contributed by atoms with Gasteiger partial charge in [-0.3, -0.25) is 0 Å². The van der Waals surface area contributed by atoms with Gasteiger partial charge in [0, 0.05) is 16.7 Å². The summed E-state index contributed by atoms with van der Waals surface area (Å²) in [4.78, 5) is 4.67. The van der Waals surface area contributed by atoms with Crippen LogP contribution in [0.2, 0.25) is 0 Å². The Morgan fingerprint density at radius 1 is 1.29 bits per heavy atom. The lowest BCUT2D eigenvalue weighted by Crippen LogP contribution is -2.34. The summed E-state index contributed by atoms with van der Waals surface area (Å²) in [6.45, 7) is 0. The van der Waals surface area contributed by atoms with Crippen molar-refractivity contribution in [3.8, 4) is 6.07 Å². The minimum atomic E-state index is 0.412. The van der Waals surface area contributed by atoms with E-state index in [4.69, 9.17) is 0 Å². The van der Waals surface area contributed by atoms with Crippen LogP contribution in [0.3, 0.4) is 0 Å². The first-order valence-corrected chi connectivity index (χ1v) is 8.70. The Hall–Kier alpha value is -1.73. The molecule has 21 heavy (non-hydrogen) atoms. The fraction of sp³-hybridized carbons (Fsp3) is 0.412. The van der Waals surface area contributed by atoms with E-state index in [0.29, 0.717) is 16.9 Å². The van der Waals surface area contributed by atoms with E-state index in [1.54, 1.807) is 0 Å². The molecule has 1 heterocycles. The quantitative estimate of drug-likeness (QED) is 0.922. The summed E-state index contributed by atoms with van der Waals surface area (Å²) >= 11 is 1.92. The number of anilines is 1. The van der Waals surface area contributed by atoms with Crippen molar-refractivity contribution in [2.24, 2.45) is 0 Å². The molecule has 108 valence electrons. The van der Waals surface area contributed by atoms with Crippen molar-refractivity contribution in [3.63, 3.8) is 0 Å². The third-order valence-corrected chi connectivity index (χ3v) is 5.34. The van der Waals surface area contributed by atoms with Crippen molar-refractivity contribution in [1.29, 1.82) is 5.26 Å². The number of hydrogen-bond acceptors (Lipinski definition) is 4. The van der Waals surface area contributed by atoms with E-state index in [9.17, 15) is 5.26 Å². The van der Waals surface area contributed by atoms with Crippen LogP contribution in [0.1, 0.15) is 31.2 Å². The van der Waals surface area contributed by atoms with Crippen LogP contribution in [0, 0.1) is 11.3 Å². The van der Waals surface area contributed by atoms with Gasteiger partial charge in [-0.05, 0) is 31.2 Å². The number of nitrogens with one attached hydrogen (secondary N) is 1. The molecule has 1 aromatic carbocycles.